The van der Waals surface area contributed by atoms with E-state index in [1.54, 1.807) is 13.8 Å². The lowest BCUT2D eigenvalue weighted by Gasteiger charge is -2.20. The average molecular weight is 286 g/mol. The second-order valence-corrected chi connectivity index (χ2v) is 4.74. The molecule has 19 heavy (non-hydrogen) atoms. The fourth-order valence-corrected chi connectivity index (χ4v) is 2.17. The van der Waals surface area contributed by atoms with Crippen LogP contribution in [0, 0.1) is 12.7 Å². The molecule has 0 bridgehead atoms. The lowest BCUT2D eigenvalue weighted by atomic mass is 9.90. The Bertz CT molecular complexity index is 653. The zero-order valence-electron chi connectivity index (χ0n) is 10.4. The summed E-state index contributed by atoms with van der Waals surface area (Å²) in [5.74, 6) is -1.50. The molecule has 2 atom stereocenters. The van der Waals surface area contributed by atoms with E-state index in [2.05, 4.69) is 10.2 Å². The van der Waals surface area contributed by atoms with Crippen molar-refractivity contribution >= 4 is 11.6 Å². The van der Waals surface area contributed by atoms with Crippen LogP contribution in [0.5, 0.6) is 0 Å². The molecule has 0 aliphatic carbocycles. The van der Waals surface area contributed by atoms with Gasteiger partial charge in [-0.05, 0) is 30.2 Å². The van der Waals surface area contributed by atoms with E-state index >= 15 is 0 Å². The molecular weight excluding hydrogens is 273 g/mol. The molecule has 0 fully saturated rings. The molecule has 102 valence electrons. The Morgan fingerprint density at radius 3 is 2.79 bits per heavy atom. The highest BCUT2D eigenvalue weighted by Gasteiger charge is 2.26. The summed E-state index contributed by atoms with van der Waals surface area (Å²) < 4.78 is 18.7. The summed E-state index contributed by atoms with van der Waals surface area (Å²) in [7, 11) is 0. The van der Waals surface area contributed by atoms with Gasteiger partial charge in [0.2, 0.25) is 5.89 Å². The van der Waals surface area contributed by atoms with Gasteiger partial charge in [0.05, 0.1) is 6.04 Å². The van der Waals surface area contributed by atoms with Gasteiger partial charge >= 0.3 is 5.76 Å². The Morgan fingerprint density at radius 2 is 2.21 bits per heavy atom. The van der Waals surface area contributed by atoms with E-state index in [4.69, 9.17) is 21.8 Å². The van der Waals surface area contributed by atoms with E-state index in [0.29, 0.717) is 16.1 Å². The lowest BCUT2D eigenvalue weighted by Crippen LogP contribution is -2.20. The van der Waals surface area contributed by atoms with Gasteiger partial charge in [0.15, 0.2) is 0 Å². The van der Waals surface area contributed by atoms with Crippen molar-refractivity contribution in [2.45, 2.75) is 25.8 Å². The number of aromatic amines is 1. The van der Waals surface area contributed by atoms with E-state index in [-0.39, 0.29) is 5.89 Å². The smallest absolute Gasteiger partial charge is 0.391 e. The predicted molar refractivity (Wildman–Crippen MR) is 68.6 cm³/mol. The third kappa shape index (κ3) is 2.54. The molecule has 0 saturated heterocycles. The zero-order chi connectivity index (χ0) is 14.2. The number of hydrogen-bond acceptors (Lipinski definition) is 4. The fourth-order valence-electron chi connectivity index (χ4n) is 2.01. The normalized spacial score (nSPS) is 14.4. The lowest BCUT2D eigenvalue weighted by molar-refractivity contribution is 0.396. The average Bonchev–Trinajstić information content (AvgIpc) is 2.80. The van der Waals surface area contributed by atoms with Gasteiger partial charge in [-0.25, -0.2) is 14.3 Å². The second kappa shape index (κ2) is 5.14. The molecule has 0 radical (unpaired) electrons. The Hall–Kier alpha value is -1.66. The summed E-state index contributed by atoms with van der Waals surface area (Å²) in [5, 5.41) is 6.24. The highest BCUT2D eigenvalue weighted by atomic mass is 35.5. The summed E-state index contributed by atoms with van der Waals surface area (Å²) in [4.78, 5) is 10.9. The molecular formula is C12H13ClFN3O2. The zero-order valence-corrected chi connectivity index (χ0v) is 11.2. The Kier molecular flexibility index (Phi) is 3.73. The standard InChI is InChI=1S/C12H13ClFN3O2/c1-5-7(13)3-4-8(14)9(5)6(2)10(15)11-16-17-12(18)19-11/h3-4,6,10H,15H2,1-2H3,(H,17,18)/t6-,10+/m1/s1. The maximum atomic E-state index is 13.9. The minimum Gasteiger partial charge on any atom is -0.391 e. The first-order valence-electron chi connectivity index (χ1n) is 5.67. The molecule has 2 aromatic rings. The van der Waals surface area contributed by atoms with Gasteiger partial charge in [0, 0.05) is 10.9 Å². The molecule has 1 aromatic carbocycles. The first kappa shape index (κ1) is 13.8. The molecule has 5 nitrogen and oxygen atoms in total. The molecule has 0 unspecified atom stereocenters. The number of hydrogen-bond donors (Lipinski definition) is 2. The number of H-pyrrole nitrogens is 1. The van der Waals surface area contributed by atoms with Crippen LogP contribution < -0.4 is 11.5 Å². The van der Waals surface area contributed by atoms with Crippen molar-refractivity contribution in [3.8, 4) is 0 Å². The summed E-state index contributed by atoms with van der Waals surface area (Å²) >= 11 is 5.98. The van der Waals surface area contributed by atoms with Crippen LogP contribution in [-0.2, 0) is 0 Å². The van der Waals surface area contributed by atoms with Gasteiger partial charge < -0.3 is 10.2 Å². The largest absolute Gasteiger partial charge is 0.434 e. The molecule has 1 aromatic heterocycles. The number of halogens is 2. The highest BCUT2D eigenvalue weighted by Crippen LogP contribution is 2.34. The van der Waals surface area contributed by atoms with E-state index in [0.717, 1.165) is 0 Å². The van der Waals surface area contributed by atoms with E-state index < -0.39 is 23.5 Å². The third-order valence-corrected chi connectivity index (χ3v) is 3.54. The van der Waals surface area contributed by atoms with Crippen LogP contribution in [0.2, 0.25) is 5.02 Å². The molecule has 0 spiro atoms. The Labute approximate surface area is 113 Å². The summed E-state index contributed by atoms with van der Waals surface area (Å²) in [6.45, 7) is 3.44. The minimum atomic E-state index is -0.745. The van der Waals surface area contributed by atoms with Crippen molar-refractivity contribution in [3.05, 3.63) is 50.5 Å². The van der Waals surface area contributed by atoms with Gasteiger partial charge in [-0.1, -0.05) is 18.5 Å². The number of nitrogens with two attached hydrogens (primary N) is 1. The van der Waals surface area contributed by atoms with Crippen LogP contribution >= 0.6 is 11.6 Å². The van der Waals surface area contributed by atoms with Gasteiger partial charge in [-0.2, -0.15) is 0 Å². The fraction of sp³-hybridized carbons (Fsp3) is 0.333. The van der Waals surface area contributed by atoms with Gasteiger partial charge in [-0.15, -0.1) is 5.10 Å². The van der Waals surface area contributed by atoms with Crippen molar-refractivity contribution < 1.29 is 8.81 Å². The van der Waals surface area contributed by atoms with Crippen LogP contribution in [0.25, 0.3) is 0 Å². The molecule has 1 heterocycles. The summed E-state index contributed by atoms with van der Waals surface area (Å²) in [5.41, 5.74) is 6.95. The number of benzene rings is 1. The molecule has 0 amide bonds. The third-order valence-electron chi connectivity index (χ3n) is 3.13. The maximum Gasteiger partial charge on any atom is 0.434 e. The predicted octanol–water partition coefficient (Wildman–Crippen LogP) is 2.27. The van der Waals surface area contributed by atoms with Crippen molar-refractivity contribution in [2.75, 3.05) is 0 Å². The number of nitrogens with zero attached hydrogens (tertiary/aromatic N) is 1. The van der Waals surface area contributed by atoms with E-state index in [1.807, 2.05) is 0 Å². The van der Waals surface area contributed by atoms with Gasteiger partial charge in [-0.3, -0.25) is 0 Å². The van der Waals surface area contributed by atoms with Crippen molar-refractivity contribution in [1.29, 1.82) is 0 Å². The van der Waals surface area contributed by atoms with Gasteiger partial charge in [0.1, 0.15) is 5.82 Å². The number of nitrogens with one attached hydrogen (secondary N) is 1. The second-order valence-electron chi connectivity index (χ2n) is 4.33. The molecule has 2 rings (SSSR count). The van der Waals surface area contributed by atoms with Crippen LogP contribution in [0.15, 0.2) is 21.3 Å². The number of rotatable bonds is 3. The molecule has 0 saturated carbocycles. The van der Waals surface area contributed by atoms with E-state index in [1.165, 1.54) is 12.1 Å². The minimum absolute atomic E-state index is 0.0382. The molecule has 0 aliphatic rings. The van der Waals surface area contributed by atoms with Crippen molar-refractivity contribution in [3.63, 3.8) is 0 Å². The molecule has 7 heteroatoms. The maximum absolute atomic E-state index is 13.9. The summed E-state index contributed by atoms with van der Waals surface area (Å²) in [6, 6.07) is 2.03. The first-order chi connectivity index (χ1) is 8.91. The van der Waals surface area contributed by atoms with Crippen LogP contribution in [-0.4, -0.2) is 10.2 Å². The van der Waals surface area contributed by atoms with Crippen LogP contribution in [0.3, 0.4) is 0 Å². The van der Waals surface area contributed by atoms with Crippen LogP contribution in [0.4, 0.5) is 4.39 Å². The van der Waals surface area contributed by atoms with Gasteiger partial charge in [0.25, 0.3) is 0 Å². The first-order valence-corrected chi connectivity index (χ1v) is 6.05. The Balaban J connectivity index is 2.42. The molecule has 3 N–H and O–H groups in total. The SMILES string of the molecule is Cc1c(Cl)ccc(F)c1[C@@H](C)[C@H](N)c1n[nH]c(=O)o1. The Morgan fingerprint density at radius 1 is 1.53 bits per heavy atom. The molecule has 0 aliphatic heterocycles. The van der Waals surface area contributed by atoms with Crippen molar-refractivity contribution in [2.24, 2.45) is 5.73 Å². The monoisotopic (exact) mass is 285 g/mol. The number of aromatic nitrogens is 2. The van der Waals surface area contributed by atoms with E-state index in [9.17, 15) is 9.18 Å². The highest BCUT2D eigenvalue weighted by molar-refractivity contribution is 6.31. The van der Waals surface area contributed by atoms with Crippen LogP contribution in [0.1, 0.15) is 35.9 Å². The topological polar surface area (TPSA) is 84.9 Å². The summed E-state index contributed by atoms with van der Waals surface area (Å²) in [6.07, 6.45) is 0. The quantitative estimate of drug-likeness (QED) is 0.906. The van der Waals surface area contributed by atoms with Crippen molar-refractivity contribution in [1.82, 2.24) is 10.2 Å².